The second-order valence-electron chi connectivity index (χ2n) is 6.07. The number of hydrogen-bond acceptors (Lipinski definition) is 5. The molecule has 2 amide bonds. The van der Waals surface area contributed by atoms with Gasteiger partial charge < -0.3 is 9.64 Å². The van der Waals surface area contributed by atoms with Crippen LogP contribution < -0.4 is 4.90 Å². The monoisotopic (exact) mass is 406 g/mol. The Morgan fingerprint density at radius 3 is 2.54 bits per heavy atom. The van der Waals surface area contributed by atoms with Crippen molar-refractivity contribution >= 4 is 33.6 Å². The van der Waals surface area contributed by atoms with Crippen LogP contribution in [0.15, 0.2) is 23.1 Å². The van der Waals surface area contributed by atoms with E-state index in [4.69, 9.17) is 16.3 Å². The molecular weight excluding hydrogens is 389 g/mol. The fourth-order valence-electron chi connectivity index (χ4n) is 2.94. The van der Waals surface area contributed by atoms with Crippen molar-refractivity contribution in [2.45, 2.75) is 4.90 Å². The van der Waals surface area contributed by atoms with Gasteiger partial charge in [-0.1, -0.05) is 11.6 Å². The Morgan fingerprint density at radius 2 is 1.96 bits per heavy atom. The van der Waals surface area contributed by atoms with Crippen molar-refractivity contribution in [2.75, 3.05) is 45.9 Å². The summed E-state index contributed by atoms with van der Waals surface area (Å²) in [5, 5.41) is -0.251. The van der Waals surface area contributed by atoms with E-state index in [1.807, 2.05) is 0 Å². The molecule has 11 heteroatoms. The van der Waals surface area contributed by atoms with E-state index in [1.165, 1.54) is 10.4 Å². The molecule has 2 aliphatic heterocycles. The van der Waals surface area contributed by atoms with Crippen molar-refractivity contribution in [1.29, 1.82) is 0 Å². The van der Waals surface area contributed by atoms with Gasteiger partial charge in [-0.25, -0.2) is 22.5 Å². The number of imide groups is 1. The summed E-state index contributed by atoms with van der Waals surface area (Å²) < 4.78 is 44.5. The molecule has 142 valence electrons. The molecule has 0 saturated carbocycles. The van der Waals surface area contributed by atoms with Crippen LogP contribution in [0.1, 0.15) is 0 Å². The minimum Gasteiger partial charge on any atom is -0.447 e. The number of benzene rings is 1. The number of quaternary nitrogens is 1. The summed E-state index contributed by atoms with van der Waals surface area (Å²) in [5.41, 5.74) is 0. The molecule has 8 nitrogen and oxygen atoms in total. The predicted molar refractivity (Wildman–Crippen MR) is 88.8 cm³/mol. The average Bonchev–Trinajstić information content (AvgIpc) is 3.04. The number of cyclic esters (lactones) is 1. The summed E-state index contributed by atoms with van der Waals surface area (Å²) in [4.78, 5) is 25.4. The zero-order valence-corrected chi connectivity index (χ0v) is 15.4. The van der Waals surface area contributed by atoms with Gasteiger partial charge in [-0.3, -0.25) is 4.79 Å². The van der Waals surface area contributed by atoms with Crippen molar-refractivity contribution in [2.24, 2.45) is 0 Å². The lowest BCUT2D eigenvalue weighted by molar-refractivity contribution is -0.895. The van der Waals surface area contributed by atoms with Crippen LogP contribution in [0, 0.1) is 5.82 Å². The number of amides is 2. The second kappa shape index (κ2) is 7.47. The third-order valence-electron chi connectivity index (χ3n) is 4.42. The Morgan fingerprint density at radius 1 is 1.27 bits per heavy atom. The molecule has 2 heterocycles. The molecule has 26 heavy (non-hydrogen) atoms. The number of carbonyl (C=O) groups excluding carboxylic acids is 2. The maximum absolute atomic E-state index is 13.2. The Kier molecular flexibility index (Phi) is 5.47. The predicted octanol–water partition coefficient (Wildman–Crippen LogP) is -0.653. The second-order valence-corrected chi connectivity index (χ2v) is 8.41. The first kappa shape index (κ1) is 19.0. The van der Waals surface area contributed by atoms with E-state index in [-0.39, 0.29) is 48.6 Å². The van der Waals surface area contributed by atoms with E-state index in [0.717, 1.165) is 21.9 Å². The fourth-order valence-corrected chi connectivity index (χ4v) is 4.65. The highest BCUT2D eigenvalue weighted by molar-refractivity contribution is 7.89. The van der Waals surface area contributed by atoms with Crippen molar-refractivity contribution in [3.05, 3.63) is 29.0 Å². The Balaban J connectivity index is 1.60. The first-order valence-corrected chi connectivity index (χ1v) is 9.87. The molecule has 0 aliphatic carbocycles. The fraction of sp³-hybridized carbons (Fsp3) is 0.467. The SMILES string of the molecule is O=C(C[NH+]1CCN(S(=O)(=O)c2ccc(F)c(Cl)c2)CC1)N1CCOC1=O. The Labute approximate surface area is 155 Å². The number of ether oxygens (including phenoxy) is 1. The number of rotatable bonds is 4. The standard InChI is InChI=1S/C15H17ClFN3O5S/c16-12-9-11(1-2-13(12)17)26(23,24)19-5-3-18(4-6-19)10-14(21)20-7-8-25-15(20)22/h1-2,9H,3-8,10H2/p+1. The van der Waals surface area contributed by atoms with Crippen LogP contribution in [0.25, 0.3) is 0 Å². The highest BCUT2D eigenvalue weighted by Gasteiger charge is 2.34. The lowest BCUT2D eigenvalue weighted by Crippen LogP contribution is -3.15. The quantitative estimate of drug-likeness (QED) is 0.717. The third kappa shape index (κ3) is 3.83. The number of piperazine rings is 1. The zero-order chi connectivity index (χ0) is 18.9. The molecule has 2 fully saturated rings. The number of nitrogens with one attached hydrogen (secondary N) is 1. The molecule has 1 N–H and O–H groups in total. The Bertz CT molecular complexity index is 827. The minimum atomic E-state index is -3.78. The van der Waals surface area contributed by atoms with Gasteiger partial charge in [0.15, 0.2) is 6.54 Å². The van der Waals surface area contributed by atoms with Gasteiger partial charge in [0.1, 0.15) is 12.4 Å². The topological polar surface area (TPSA) is 88.4 Å². The summed E-state index contributed by atoms with van der Waals surface area (Å²) >= 11 is 5.67. The summed E-state index contributed by atoms with van der Waals surface area (Å²) in [6.07, 6.45) is -0.635. The maximum atomic E-state index is 13.2. The van der Waals surface area contributed by atoms with Gasteiger partial charge in [0.05, 0.1) is 42.6 Å². The first-order chi connectivity index (χ1) is 12.3. The van der Waals surface area contributed by atoms with Gasteiger partial charge in [-0.05, 0) is 18.2 Å². The van der Waals surface area contributed by atoms with Gasteiger partial charge in [0.25, 0.3) is 5.91 Å². The van der Waals surface area contributed by atoms with Gasteiger partial charge in [0, 0.05) is 0 Å². The molecule has 0 spiro atoms. The number of nitrogens with zero attached hydrogens (tertiary/aromatic N) is 2. The molecule has 0 atom stereocenters. The average molecular weight is 407 g/mol. The molecule has 3 rings (SSSR count). The maximum Gasteiger partial charge on any atom is 0.416 e. The van der Waals surface area contributed by atoms with E-state index >= 15 is 0 Å². The highest BCUT2D eigenvalue weighted by atomic mass is 35.5. The molecule has 0 bridgehead atoms. The highest BCUT2D eigenvalue weighted by Crippen LogP contribution is 2.22. The zero-order valence-electron chi connectivity index (χ0n) is 13.8. The van der Waals surface area contributed by atoms with E-state index in [2.05, 4.69) is 0 Å². The van der Waals surface area contributed by atoms with Crippen LogP contribution in [0.2, 0.25) is 5.02 Å². The number of sulfonamides is 1. The lowest BCUT2D eigenvalue weighted by atomic mass is 10.3. The molecule has 2 saturated heterocycles. The van der Waals surface area contributed by atoms with Gasteiger partial charge >= 0.3 is 6.09 Å². The largest absolute Gasteiger partial charge is 0.447 e. The normalized spacial score (nSPS) is 19.6. The van der Waals surface area contributed by atoms with Crippen LogP contribution in [-0.4, -0.2) is 75.5 Å². The molecule has 1 aromatic carbocycles. The third-order valence-corrected chi connectivity index (χ3v) is 6.61. The van der Waals surface area contributed by atoms with Crippen molar-refractivity contribution < 1.29 is 32.0 Å². The van der Waals surface area contributed by atoms with Crippen LogP contribution in [0.3, 0.4) is 0 Å². The smallest absolute Gasteiger partial charge is 0.416 e. The van der Waals surface area contributed by atoms with Crippen LogP contribution in [-0.2, 0) is 19.6 Å². The van der Waals surface area contributed by atoms with Gasteiger partial charge in [0.2, 0.25) is 10.0 Å². The van der Waals surface area contributed by atoms with Crippen molar-refractivity contribution in [1.82, 2.24) is 9.21 Å². The van der Waals surface area contributed by atoms with E-state index in [9.17, 15) is 22.4 Å². The molecule has 2 aliphatic rings. The van der Waals surface area contributed by atoms with E-state index < -0.39 is 21.9 Å². The molecule has 0 aromatic heterocycles. The first-order valence-electron chi connectivity index (χ1n) is 8.05. The summed E-state index contributed by atoms with van der Waals surface area (Å²) in [5.74, 6) is -1.01. The van der Waals surface area contributed by atoms with E-state index in [0.29, 0.717) is 13.1 Å². The number of halogens is 2. The van der Waals surface area contributed by atoms with Crippen LogP contribution >= 0.6 is 11.6 Å². The van der Waals surface area contributed by atoms with Crippen LogP contribution in [0.4, 0.5) is 9.18 Å². The van der Waals surface area contributed by atoms with Gasteiger partial charge in [-0.15, -0.1) is 0 Å². The molecule has 1 aromatic rings. The lowest BCUT2D eigenvalue weighted by Gasteiger charge is -2.31. The summed E-state index contributed by atoms with van der Waals surface area (Å²) in [6.45, 7) is 1.81. The molecule has 0 unspecified atom stereocenters. The minimum absolute atomic E-state index is 0.0664. The summed E-state index contributed by atoms with van der Waals surface area (Å²) in [6, 6.07) is 3.29. The molecule has 0 radical (unpaired) electrons. The van der Waals surface area contributed by atoms with E-state index in [1.54, 1.807) is 0 Å². The van der Waals surface area contributed by atoms with Crippen molar-refractivity contribution in [3.63, 3.8) is 0 Å². The van der Waals surface area contributed by atoms with Crippen LogP contribution in [0.5, 0.6) is 0 Å². The van der Waals surface area contributed by atoms with Gasteiger partial charge in [-0.2, -0.15) is 4.31 Å². The molecular formula is C15H18ClFN3O5S+. The summed E-state index contributed by atoms with van der Waals surface area (Å²) in [7, 11) is -3.78. The number of hydrogen-bond donors (Lipinski definition) is 1. The van der Waals surface area contributed by atoms with Crippen molar-refractivity contribution in [3.8, 4) is 0 Å². The Hall–Kier alpha value is -1.75. The number of carbonyl (C=O) groups is 2.